The molecule has 0 saturated heterocycles. The van der Waals surface area contributed by atoms with Crippen LogP contribution in [-0.4, -0.2) is 27.3 Å². The molecule has 2 atom stereocenters. The molecule has 0 aliphatic heterocycles. The first kappa shape index (κ1) is 13.5. The number of nitrogens with zero attached hydrogens (tertiary/aromatic N) is 2. The summed E-state index contributed by atoms with van der Waals surface area (Å²) in [6.45, 7) is 3.53. The molecule has 1 saturated carbocycles. The van der Waals surface area contributed by atoms with E-state index in [0.29, 0.717) is 23.0 Å². The van der Waals surface area contributed by atoms with Gasteiger partial charge in [0.2, 0.25) is 0 Å². The molecule has 1 aromatic carbocycles. The molecule has 0 radical (unpaired) electrons. The molecule has 0 bridgehead atoms. The predicted octanol–water partition coefficient (Wildman–Crippen LogP) is 2.76. The maximum absolute atomic E-state index is 11.4. The van der Waals surface area contributed by atoms with Crippen LogP contribution in [0.25, 0.3) is 0 Å². The first-order valence-electron chi connectivity index (χ1n) is 6.96. The number of aromatic nitrogens is 2. The minimum absolute atomic E-state index is 0.223. The van der Waals surface area contributed by atoms with Gasteiger partial charge in [-0.05, 0) is 31.4 Å². The Hall–Kier alpha value is -2.43. The van der Waals surface area contributed by atoms with Gasteiger partial charge in [-0.1, -0.05) is 30.3 Å². The number of aromatic carboxylic acids is 1. The average Bonchev–Trinajstić information content (AvgIpc) is 3.23. The Morgan fingerprint density at radius 3 is 2.62 bits per heavy atom. The van der Waals surface area contributed by atoms with Gasteiger partial charge in [-0.3, -0.25) is 0 Å². The molecule has 5 heteroatoms. The maximum Gasteiger partial charge on any atom is 0.339 e. The number of carboxylic acid groups (broad SMARTS) is 1. The van der Waals surface area contributed by atoms with E-state index >= 15 is 0 Å². The number of carbonyl (C=O) groups is 1. The van der Waals surface area contributed by atoms with E-state index in [4.69, 9.17) is 0 Å². The lowest BCUT2D eigenvalue weighted by Gasteiger charge is -2.11. The minimum atomic E-state index is -0.968. The largest absolute Gasteiger partial charge is 0.478 e. The van der Waals surface area contributed by atoms with Crippen LogP contribution in [0.5, 0.6) is 0 Å². The number of rotatable bonds is 4. The smallest absolute Gasteiger partial charge is 0.339 e. The highest BCUT2D eigenvalue weighted by atomic mass is 16.4. The van der Waals surface area contributed by atoms with Gasteiger partial charge in [-0.15, -0.1) is 5.10 Å². The standard InChI is InChI=1S/C16H17N3O2/c1-9-10(2)18-19-15(14(9)16(20)21)17-13-8-12(13)11-6-4-3-5-7-11/h3-7,12-13H,8H2,1-2H3,(H,17,19)(H,20,21). The number of nitrogens with one attached hydrogen (secondary N) is 1. The van der Waals surface area contributed by atoms with Crippen LogP contribution in [0.15, 0.2) is 30.3 Å². The Balaban J connectivity index is 1.81. The van der Waals surface area contributed by atoms with Crippen LogP contribution < -0.4 is 5.32 Å². The fourth-order valence-electron chi connectivity index (χ4n) is 2.57. The molecule has 3 rings (SSSR count). The zero-order valence-corrected chi connectivity index (χ0v) is 12.0. The Labute approximate surface area is 123 Å². The van der Waals surface area contributed by atoms with E-state index < -0.39 is 5.97 Å². The highest BCUT2D eigenvalue weighted by Crippen LogP contribution is 2.42. The maximum atomic E-state index is 11.4. The first-order valence-corrected chi connectivity index (χ1v) is 6.96. The van der Waals surface area contributed by atoms with Crippen molar-refractivity contribution < 1.29 is 9.90 Å². The lowest BCUT2D eigenvalue weighted by atomic mass is 10.1. The van der Waals surface area contributed by atoms with Crippen molar-refractivity contribution >= 4 is 11.8 Å². The fourth-order valence-corrected chi connectivity index (χ4v) is 2.57. The summed E-state index contributed by atoms with van der Waals surface area (Å²) in [5.74, 6) is -0.185. The van der Waals surface area contributed by atoms with Crippen molar-refractivity contribution in [3.05, 3.63) is 52.7 Å². The van der Waals surface area contributed by atoms with Crippen molar-refractivity contribution in [3.8, 4) is 0 Å². The monoisotopic (exact) mass is 283 g/mol. The number of hydrogen-bond acceptors (Lipinski definition) is 4. The topological polar surface area (TPSA) is 75.1 Å². The number of anilines is 1. The molecule has 0 amide bonds. The molecule has 1 heterocycles. The van der Waals surface area contributed by atoms with E-state index in [0.717, 1.165) is 6.42 Å². The van der Waals surface area contributed by atoms with Gasteiger partial charge in [0, 0.05) is 12.0 Å². The van der Waals surface area contributed by atoms with Crippen molar-refractivity contribution in [1.29, 1.82) is 0 Å². The van der Waals surface area contributed by atoms with Crippen molar-refractivity contribution in [3.63, 3.8) is 0 Å². The molecule has 0 spiro atoms. The molecule has 2 aromatic rings. The van der Waals surface area contributed by atoms with Crippen LogP contribution in [0, 0.1) is 13.8 Å². The Kier molecular flexibility index (Phi) is 3.33. The summed E-state index contributed by atoms with van der Waals surface area (Å²) in [7, 11) is 0. The van der Waals surface area contributed by atoms with E-state index in [1.807, 2.05) is 18.2 Å². The Bertz CT molecular complexity index is 685. The van der Waals surface area contributed by atoms with Gasteiger partial charge in [-0.25, -0.2) is 4.79 Å². The van der Waals surface area contributed by atoms with Crippen LogP contribution in [-0.2, 0) is 0 Å². The molecular formula is C16H17N3O2. The highest BCUT2D eigenvalue weighted by Gasteiger charge is 2.39. The van der Waals surface area contributed by atoms with Crippen molar-refractivity contribution in [1.82, 2.24) is 10.2 Å². The molecule has 21 heavy (non-hydrogen) atoms. The van der Waals surface area contributed by atoms with Crippen LogP contribution in [0.1, 0.15) is 39.5 Å². The summed E-state index contributed by atoms with van der Waals surface area (Å²) >= 11 is 0. The molecular weight excluding hydrogens is 266 g/mol. The van der Waals surface area contributed by atoms with E-state index in [1.165, 1.54) is 5.56 Å². The third kappa shape index (κ3) is 2.59. The van der Waals surface area contributed by atoms with Crippen LogP contribution >= 0.6 is 0 Å². The predicted molar refractivity (Wildman–Crippen MR) is 79.7 cm³/mol. The first-order chi connectivity index (χ1) is 10.1. The number of hydrogen-bond donors (Lipinski definition) is 2. The van der Waals surface area contributed by atoms with Gasteiger partial charge in [0.1, 0.15) is 5.56 Å². The summed E-state index contributed by atoms with van der Waals surface area (Å²) in [4.78, 5) is 11.4. The quantitative estimate of drug-likeness (QED) is 0.902. The zero-order chi connectivity index (χ0) is 15.0. The third-order valence-electron chi connectivity index (χ3n) is 4.01. The number of carboxylic acids is 1. The normalized spacial score (nSPS) is 20.1. The fraction of sp³-hybridized carbons (Fsp3) is 0.312. The number of benzene rings is 1. The van der Waals surface area contributed by atoms with E-state index in [-0.39, 0.29) is 11.6 Å². The van der Waals surface area contributed by atoms with E-state index in [9.17, 15) is 9.90 Å². The molecule has 108 valence electrons. The van der Waals surface area contributed by atoms with Gasteiger partial charge in [-0.2, -0.15) is 5.10 Å². The Morgan fingerprint density at radius 1 is 1.24 bits per heavy atom. The second kappa shape index (κ2) is 5.16. The molecule has 1 aliphatic carbocycles. The number of aryl methyl sites for hydroxylation is 1. The lowest BCUT2D eigenvalue weighted by molar-refractivity contribution is 0.0696. The summed E-state index contributed by atoms with van der Waals surface area (Å²) in [6.07, 6.45) is 0.984. The molecule has 2 unspecified atom stereocenters. The SMILES string of the molecule is Cc1nnc(NC2CC2c2ccccc2)c(C(=O)O)c1C. The van der Waals surface area contributed by atoms with Crippen molar-refractivity contribution in [2.45, 2.75) is 32.2 Å². The van der Waals surface area contributed by atoms with Gasteiger partial charge in [0.25, 0.3) is 0 Å². The average molecular weight is 283 g/mol. The summed E-state index contributed by atoms with van der Waals surface area (Å²) in [5.41, 5.74) is 2.80. The highest BCUT2D eigenvalue weighted by molar-refractivity contribution is 5.95. The lowest BCUT2D eigenvalue weighted by Crippen LogP contribution is -2.15. The third-order valence-corrected chi connectivity index (χ3v) is 4.01. The van der Waals surface area contributed by atoms with Gasteiger partial charge in [0.15, 0.2) is 5.82 Å². The summed E-state index contributed by atoms with van der Waals surface area (Å²) in [6, 6.07) is 10.4. The second-order valence-corrected chi connectivity index (χ2v) is 5.44. The molecule has 1 fully saturated rings. The van der Waals surface area contributed by atoms with Gasteiger partial charge in [0.05, 0.1) is 5.69 Å². The zero-order valence-electron chi connectivity index (χ0n) is 12.0. The summed E-state index contributed by atoms with van der Waals surface area (Å²) in [5, 5.41) is 20.7. The van der Waals surface area contributed by atoms with Gasteiger partial charge < -0.3 is 10.4 Å². The van der Waals surface area contributed by atoms with E-state index in [2.05, 4.69) is 27.6 Å². The molecule has 2 N–H and O–H groups in total. The van der Waals surface area contributed by atoms with Gasteiger partial charge >= 0.3 is 5.97 Å². The van der Waals surface area contributed by atoms with E-state index in [1.54, 1.807) is 13.8 Å². The van der Waals surface area contributed by atoms with Crippen molar-refractivity contribution in [2.24, 2.45) is 0 Å². The van der Waals surface area contributed by atoms with Crippen molar-refractivity contribution in [2.75, 3.05) is 5.32 Å². The van der Waals surface area contributed by atoms with Crippen LogP contribution in [0.4, 0.5) is 5.82 Å². The minimum Gasteiger partial charge on any atom is -0.478 e. The van der Waals surface area contributed by atoms with Crippen LogP contribution in [0.3, 0.4) is 0 Å². The summed E-state index contributed by atoms with van der Waals surface area (Å²) < 4.78 is 0. The molecule has 1 aliphatic rings. The Morgan fingerprint density at radius 2 is 1.95 bits per heavy atom. The molecule has 5 nitrogen and oxygen atoms in total. The van der Waals surface area contributed by atoms with Crippen LogP contribution in [0.2, 0.25) is 0 Å². The second-order valence-electron chi connectivity index (χ2n) is 5.44. The molecule has 1 aromatic heterocycles.